The lowest BCUT2D eigenvalue weighted by Crippen LogP contribution is -2.11. The number of hydrogen-bond donors (Lipinski definition) is 0. The molecule has 0 unspecified atom stereocenters. The van der Waals surface area contributed by atoms with Gasteiger partial charge >= 0.3 is 18.1 Å². The predicted molar refractivity (Wildman–Crippen MR) is 92.1 cm³/mol. The topological polar surface area (TPSA) is 52.6 Å². The van der Waals surface area contributed by atoms with Crippen molar-refractivity contribution in [2.45, 2.75) is 26.6 Å². The van der Waals surface area contributed by atoms with Crippen molar-refractivity contribution < 1.29 is 32.2 Å². The van der Waals surface area contributed by atoms with Gasteiger partial charge < -0.3 is 9.47 Å². The molecule has 0 N–H and O–H groups in total. The predicted octanol–water partition coefficient (Wildman–Crippen LogP) is 4.88. The van der Waals surface area contributed by atoms with Gasteiger partial charge in [0.1, 0.15) is 6.61 Å². The third-order valence-corrected chi connectivity index (χ3v) is 3.56. The minimum Gasteiger partial charge on any atom is -0.462 e. The summed E-state index contributed by atoms with van der Waals surface area (Å²) in [6.07, 6.45) is -4.41. The van der Waals surface area contributed by atoms with Crippen LogP contribution in [0.5, 0.6) is 0 Å². The van der Waals surface area contributed by atoms with Gasteiger partial charge in [-0.2, -0.15) is 13.2 Å². The smallest absolute Gasteiger partial charge is 0.416 e. The fraction of sp³-hybridized carbons (Fsp3) is 0.300. The lowest BCUT2D eigenvalue weighted by atomic mass is 10.1. The maximum atomic E-state index is 12.5. The van der Waals surface area contributed by atoms with Crippen LogP contribution >= 0.6 is 0 Å². The maximum Gasteiger partial charge on any atom is 0.416 e. The van der Waals surface area contributed by atoms with Crippen molar-refractivity contribution in [3.05, 3.63) is 70.8 Å². The van der Waals surface area contributed by atoms with Crippen LogP contribution in [-0.4, -0.2) is 18.5 Å². The molecule has 27 heavy (non-hydrogen) atoms. The van der Waals surface area contributed by atoms with Gasteiger partial charge in [0.05, 0.1) is 23.3 Å². The second kappa shape index (κ2) is 8.70. The molecule has 0 bridgehead atoms. The number of ether oxygens (including phenoxy) is 2. The van der Waals surface area contributed by atoms with Crippen LogP contribution < -0.4 is 0 Å². The minimum absolute atomic E-state index is 0.158. The van der Waals surface area contributed by atoms with Crippen LogP contribution in [-0.2, 0) is 22.3 Å². The van der Waals surface area contributed by atoms with Crippen molar-refractivity contribution in [3.8, 4) is 0 Å². The number of alkyl halides is 3. The molecule has 144 valence electrons. The maximum absolute atomic E-state index is 12.5. The number of rotatable bonds is 6. The molecule has 0 aliphatic carbocycles. The van der Waals surface area contributed by atoms with Gasteiger partial charge in [-0.15, -0.1) is 0 Å². The Kier molecular flexibility index (Phi) is 6.60. The summed E-state index contributed by atoms with van der Waals surface area (Å²) in [4.78, 5) is 23.8. The Bertz CT molecular complexity index is 778. The first-order valence-corrected chi connectivity index (χ1v) is 8.27. The average Bonchev–Trinajstić information content (AvgIpc) is 2.64. The summed E-state index contributed by atoms with van der Waals surface area (Å²) < 4.78 is 47.7. The SMILES string of the molecule is CC(C)COC(=O)c1ccc(C(=O)OCc2ccc(C(F)(F)F)cc2)cc1. The molecule has 0 aliphatic rings. The molecule has 4 nitrogen and oxygen atoms in total. The molecule has 0 heterocycles. The molecule has 0 radical (unpaired) electrons. The van der Waals surface area contributed by atoms with E-state index in [9.17, 15) is 22.8 Å². The standard InChI is InChI=1S/C20H19F3O4/c1-13(2)11-26-18(24)15-5-7-16(8-6-15)19(25)27-12-14-3-9-17(10-4-14)20(21,22)23/h3-10,13H,11-12H2,1-2H3. The van der Waals surface area contributed by atoms with Crippen molar-refractivity contribution in [2.75, 3.05) is 6.61 Å². The van der Waals surface area contributed by atoms with E-state index < -0.39 is 23.7 Å². The number of carbonyl (C=O) groups is 2. The van der Waals surface area contributed by atoms with Gasteiger partial charge in [0.2, 0.25) is 0 Å². The highest BCUT2D eigenvalue weighted by molar-refractivity contribution is 5.93. The molecule has 0 saturated heterocycles. The average molecular weight is 380 g/mol. The van der Waals surface area contributed by atoms with E-state index in [-0.39, 0.29) is 18.1 Å². The van der Waals surface area contributed by atoms with E-state index >= 15 is 0 Å². The van der Waals surface area contributed by atoms with Crippen molar-refractivity contribution in [1.29, 1.82) is 0 Å². The lowest BCUT2D eigenvalue weighted by molar-refractivity contribution is -0.137. The molecular weight excluding hydrogens is 361 g/mol. The Morgan fingerprint density at radius 2 is 1.33 bits per heavy atom. The molecule has 2 rings (SSSR count). The van der Waals surface area contributed by atoms with Crippen LogP contribution in [0.2, 0.25) is 0 Å². The minimum atomic E-state index is -4.41. The first-order valence-electron chi connectivity index (χ1n) is 8.27. The van der Waals surface area contributed by atoms with Gasteiger partial charge in [-0.1, -0.05) is 26.0 Å². The van der Waals surface area contributed by atoms with E-state index in [4.69, 9.17) is 9.47 Å². The summed E-state index contributed by atoms with van der Waals surface area (Å²) in [5.74, 6) is -0.904. The van der Waals surface area contributed by atoms with E-state index in [1.54, 1.807) is 0 Å². The van der Waals surface area contributed by atoms with Crippen molar-refractivity contribution >= 4 is 11.9 Å². The molecule has 0 atom stereocenters. The van der Waals surface area contributed by atoms with Gasteiger partial charge in [0, 0.05) is 0 Å². The Balaban J connectivity index is 1.91. The molecule has 2 aromatic carbocycles. The molecule has 0 aromatic heterocycles. The van der Waals surface area contributed by atoms with Crippen LogP contribution in [0.25, 0.3) is 0 Å². The van der Waals surface area contributed by atoms with Gasteiger partial charge in [0.15, 0.2) is 0 Å². The highest BCUT2D eigenvalue weighted by Gasteiger charge is 2.29. The Labute approximate surface area is 154 Å². The van der Waals surface area contributed by atoms with Crippen LogP contribution in [0.1, 0.15) is 45.7 Å². The first kappa shape index (κ1) is 20.5. The van der Waals surface area contributed by atoms with E-state index in [1.165, 1.54) is 36.4 Å². The number of carbonyl (C=O) groups excluding carboxylic acids is 2. The zero-order chi connectivity index (χ0) is 20.0. The highest BCUT2D eigenvalue weighted by atomic mass is 19.4. The molecular formula is C20H19F3O4. The first-order chi connectivity index (χ1) is 12.7. The normalized spacial score (nSPS) is 11.3. The molecule has 0 saturated carbocycles. The summed E-state index contributed by atoms with van der Waals surface area (Å²) in [6.45, 7) is 3.98. The summed E-state index contributed by atoms with van der Waals surface area (Å²) in [6, 6.07) is 10.1. The van der Waals surface area contributed by atoms with Gasteiger partial charge in [-0.3, -0.25) is 0 Å². The molecule has 7 heteroatoms. The molecule has 0 fully saturated rings. The molecule has 0 aliphatic heterocycles. The van der Waals surface area contributed by atoms with Crippen LogP contribution in [0.3, 0.4) is 0 Å². The molecule has 0 spiro atoms. The molecule has 0 amide bonds. The Morgan fingerprint density at radius 3 is 1.78 bits per heavy atom. The number of esters is 2. The molecule has 2 aromatic rings. The van der Waals surface area contributed by atoms with Gasteiger partial charge in [-0.05, 0) is 47.9 Å². The van der Waals surface area contributed by atoms with Crippen LogP contribution in [0.15, 0.2) is 48.5 Å². The zero-order valence-electron chi connectivity index (χ0n) is 14.9. The Hall–Kier alpha value is -2.83. The zero-order valence-corrected chi connectivity index (χ0v) is 14.9. The van der Waals surface area contributed by atoms with E-state index in [1.807, 2.05) is 13.8 Å². The number of benzene rings is 2. The fourth-order valence-electron chi connectivity index (χ4n) is 2.09. The Morgan fingerprint density at radius 1 is 0.852 bits per heavy atom. The van der Waals surface area contributed by atoms with E-state index in [0.29, 0.717) is 17.7 Å². The van der Waals surface area contributed by atoms with Crippen molar-refractivity contribution in [2.24, 2.45) is 5.92 Å². The van der Waals surface area contributed by atoms with E-state index in [0.717, 1.165) is 12.1 Å². The third kappa shape index (κ3) is 6.13. The lowest BCUT2D eigenvalue weighted by Gasteiger charge is -2.09. The van der Waals surface area contributed by atoms with Gasteiger partial charge in [0.25, 0.3) is 0 Å². The van der Waals surface area contributed by atoms with Crippen molar-refractivity contribution in [3.63, 3.8) is 0 Å². The second-order valence-corrected chi connectivity index (χ2v) is 6.34. The summed E-state index contributed by atoms with van der Waals surface area (Å²) >= 11 is 0. The highest BCUT2D eigenvalue weighted by Crippen LogP contribution is 2.29. The van der Waals surface area contributed by atoms with E-state index in [2.05, 4.69) is 0 Å². The second-order valence-electron chi connectivity index (χ2n) is 6.34. The largest absolute Gasteiger partial charge is 0.462 e. The summed E-state index contributed by atoms with van der Waals surface area (Å²) in [5, 5.41) is 0. The van der Waals surface area contributed by atoms with Gasteiger partial charge in [-0.25, -0.2) is 9.59 Å². The quantitative estimate of drug-likeness (QED) is 0.671. The third-order valence-electron chi connectivity index (χ3n) is 3.56. The monoisotopic (exact) mass is 380 g/mol. The van der Waals surface area contributed by atoms with Crippen LogP contribution in [0.4, 0.5) is 13.2 Å². The summed E-state index contributed by atoms with van der Waals surface area (Å²) in [7, 11) is 0. The fourth-order valence-corrected chi connectivity index (χ4v) is 2.09. The summed E-state index contributed by atoms with van der Waals surface area (Å²) in [5.41, 5.74) is 0.208. The number of halogens is 3. The number of hydrogen-bond acceptors (Lipinski definition) is 4. The van der Waals surface area contributed by atoms with Crippen molar-refractivity contribution in [1.82, 2.24) is 0 Å². The van der Waals surface area contributed by atoms with Crippen LogP contribution in [0, 0.1) is 5.92 Å².